The highest BCUT2D eigenvalue weighted by Crippen LogP contribution is 2.49. The third kappa shape index (κ3) is 18.8. The second-order valence-corrected chi connectivity index (χ2v) is 43.4. The Balaban J connectivity index is 0.000000165. The number of aromatic nitrogens is 5. The lowest BCUT2D eigenvalue weighted by Crippen LogP contribution is -2.60. The van der Waals surface area contributed by atoms with Crippen LogP contribution in [0.3, 0.4) is 0 Å². The number of rotatable bonds is 12. The number of aryl methyl sites for hydroxylation is 1. The fraction of sp³-hybridized carbons (Fsp3) is 0.355. The minimum absolute atomic E-state index is 0.0130. The van der Waals surface area contributed by atoms with E-state index in [1.54, 1.807) is 106 Å². The fourth-order valence-corrected chi connectivity index (χ4v) is 22.2. The summed E-state index contributed by atoms with van der Waals surface area (Å²) in [5, 5.41) is 4.99. The molecule has 3 amide bonds. The van der Waals surface area contributed by atoms with E-state index in [1.807, 2.05) is 114 Å². The molecule has 129 heavy (non-hydrogen) atoms. The highest BCUT2D eigenvalue weighted by Gasteiger charge is 2.47. The summed E-state index contributed by atoms with van der Waals surface area (Å²) in [5.74, 6) is 1.01. The second kappa shape index (κ2) is 36.6. The van der Waals surface area contributed by atoms with E-state index >= 15 is 0 Å². The molecule has 6 aliphatic rings. The lowest BCUT2D eigenvalue weighted by atomic mass is 9.85. The summed E-state index contributed by atoms with van der Waals surface area (Å²) >= 11 is 20.6. The summed E-state index contributed by atoms with van der Waals surface area (Å²) < 4.78 is 135. The number of amidine groups is 3. The molecule has 6 aliphatic heterocycles. The maximum Gasteiger partial charge on any atom is 0.353 e. The van der Waals surface area contributed by atoms with Crippen molar-refractivity contribution in [3.05, 3.63) is 238 Å². The number of nitrogens with zero attached hydrogens (tertiary/aromatic N) is 17. The summed E-state index contributed by atoms with van der Waals surface area (Å²) in [4.78, 5) is 70.6. The number of fused-ring (bicyclic) bond motifs is 3. The van der Waals surface area contributed by atoms with Crippen molar-refractivity contribution in [2.45, 2.75) is 167 Å². The van der Waals surface area contributed by atoms with Crippen LogP contribution in [0.25, 0.3) is 33.8 Å². The Hall–Kier alpha value is -11.2. The predicted octanol–water partition coefficient (Wildman–Crippen LogP) is 16.3. The van der Waals surface area contributed by atoms with Gasteiger partial charge in [-0.2, -0.15) is 26.2 Å². The molecular formula is C93H105Cl3FN17O11S4. The average molecular weight is 1890 g/mol. The van der Waals surface area contributed by atoms with Gasteiger partial charge in [0.2, 0.25) is 17.7 Å². The van der Waals surface area contributed by atoms with Gasteiger partial charge >= 0.3 is 20.4 Å². The number of anilines is 6. The first-order valence-corrected chi connectivity index (χ1v) is 49.6. The van der Waals surface area contributed by atoms with Crippen molar-refractivity contribution >= 4 is 145 Å². The lowest BCUT2D eigenvalue weighted by Gasteiger charge is -2.46. The molecule has 3 saturated heterocycles. The molecule has 0 bridgehead atoms. The number of hydrogen-bond acceptors (Lipinski definition) is 20. The van der Waals surface area contributed by atoms with Gasteiger partial charge in [-0.05, 0) is 157 Å². The molecule has 36 heteroatoms. The molecule has 4 aromatic heterocycles. The minimum atomic E-state index is -4.44. The van der Waals surface area contributed by atoms with E-state index in [1.165, 1.54) is 42.7 Å². The van der Waals surface area contributed by atoms with E-state index in [0.29, 0.717) is 90.4 Å². The molecule has 10 heterocycles. The smallest absolute Gasteiger partial charge is 0.350 e. The molecule has 5 aromatic carbocycles. The molecule has 0 spiro atoms. The SMILES string of the molecule is C=CC(=O)N1CC(C)N(C2=NCN(c3ccccc3C(C)(C)C)c3nc(-c4ccccc4S(C)(=O)=O)c(Cl)cc32)CC1C.C=CC(=O)N1CC(C)N(C2=NS(=O)(=O)N(c3c(C)cnn3C(C)C)c3nc(-c4ccccc4F)c(Cl)cc32)CC1C.C=CC(=O)N1CC(C)N(C2=NS(=O)(=O)N(c3ccccc3C(C)(C)C)c3nc(-c4ccccc4S(C)(=O)=O)c(Cl)cc32)CC1C. The van der Waals surface area contributed by atoms with Crippen LogP contribution in [-0.4, -0.2) is 218 Å². The maximum absolute atomic E-state index is 14.9. The molecule has 0 aliphatic carbocycles. The van der Waals surface area contributed by atoms with Gasteiger partial charge in [0.1, 0.15) is 24.1 Å². The van der Waals surface area contributed by atoms with Crippen LogP contribution in [-0.2, 0) is 65.3 Å². The number of pyridine rings is 3. The van der Waals surface area contributed by atoms with E-state index < -0.39 is 51.3 Å². The van der Waals surface area contributed by atoms with Crippen molar-refractivity contribution < 1.29 is 52.4 Å². The Morgan fingerprint density at radius 2 is 0.822 bits per heavy atom. The number of para-hydroxylation sites is 2. The van der Waals surface area contributed by atoms with Crippen molar-refractivity contribution in [3.63, 3.8) is 0 Å². The molecule has 6 atom stereocenters. The minimum Gasteiger partial charge on any atom is -0.350 e. The maximum atomic E-state index is 14.9. The van der Waals surface area contributed by atoms with Crippen LogP contribution < -0.4 is 13.5 Å². The summed E-state index contributed by atoms with van der Waals surface area (Å²) in [5.41, 5.74) is 6.12. The predicted molar refractivity (Wildman–Crippen MR) is 509 cm³/mol. The molecule has 680 valence electrons. The Labute approximate surface area is 770 Å². The van der Waals surface area contributed by atoms with Gasteiger partial charge in [0.25, 0.3) is 0 Å². The zero-order chi connectivity index (χ0) is 94.1. The topological polar surface area (TPSA) is 310 Å². The van der Waals surface area contributed by atoms with Crippen molar-refractivity contribution in [2.24, 2.45) is 13.8 Å². The van der Waals surface area contributed by atoms with Crippen LogP contribution in [0.2, 0.25) is 15.1 Å². The molecule has 28 nitrogen and oxygen atoms in total. The number of carbonyl (C=O) groups excluding carboxylic acids is 3. The van der Waals surface area contributed by atoms with Gasteiger partial charge in [-0.3, -0.25) is 14.4 Å². The van der Waals surface area contributed by atoms with Crippen LogP contribution in [0.15, 0.2) is 207 Å². The van der Waals surface area contributed by atoms with Gasteiger partial charge in [-0.25, -0.2) is 50.2 Å². The standard InChI is InChI=1S/C33H38ClN5O3S.C32H36ClN5O5S2.C28H31ClFN7O3S/c1-8-29(40)37-18-22(3)38(19-21(37)2)31-24-17-26(34)30(23-13-9-12-16-28(23)43(7,41)42)36-32(24)39(20-35-31)27-15-11-10-14-25(27)33(4,5)6;1-8-28(39)36-18-21(3)37(19-20(36)2)31-23-17-25(33)29(22-13-9-12-16-27(22)44(7,40)41)34-30(23)38(45(42,43)35-31)26-15-11-10-14-24(26)32(4,5)6;1-7-24(38)34-14-19(6)35(15-18(34)5)27-21-12-22(29)25(20-10-8-9-11-23(20)30)32-26(21)37(41(39,40)33-27)28-17(4)13-31-36(28)16(2)3/h8-17,21-22H,1,18-20H2,2-7H3;8-17,20-21H,1,18-19H2,2-7H3;7-13,16,18-19H,1,14-15H2,2-6H3. The number of amides is 3. The second-order valence-electron chi connectivity index (χ2n) is 35.3. The van der Waals surface area contributed by atoms with Gasteiger partial charge in [0.15, 0.2) is 48.8 Å². The molecule has 6 unspecified atom stereocenters. The number of benzene rings is 5. The Morgan fingerprint density at radius 3 is 1.23 bits per heavy atom. The van der Waals surface area contributed by atoms with Crippen LogP contribution >= 0.6 is 34.8 Å². The van der Waals surface area contributed by atoms with Crippen LogP contribution in [0.4, 0.5) is 39.0 Å². The van der Waals surface area contributed by atoms with Crippen molar-refractivity contribution in [1.82, 2.24) is 54.1 Å². The van der Waals surface area contributed by atoms with Gasteiger partial charge in [0, 0.05) is 122 Å². The summed E-state index contributed by atoms with van der Waals surface area (Å²) in [6, 6.07) is 38.1. The van der Waals surface area contributed by atoms with Gasteiger partial charge in [0.05, 0.1) is 70.5 Å². The summed E-state index contributed by atoms with van der Waals surface area (Å²) in [7, 11) is -16.1. The van der Waals surface area contributed by atoms with E-state index in [9.17, 15) is 52.4 Å². The van der Waals surface area contributed by atoms with Crippen molar-refractivity contribution in [2.75, 3.05) is 72.0 Å². The first-order valence-electron chi connectivity index (χ1n) is 41.9. The van der Waals surface area contributed by atoms with Gasteiger partial charge in [-0.1, -0.05) is 181 Å². The summed E-state index contributed by atoms with van der Waals surface area (Å²) in [6.45, 7) is 43.1. The highest BCUT2D eigenvalue weighted by atomic mass is 35.5. The third-order valence-electron chi connectivity index (χ3n) is 23.4. The van der Waals surface area contributed by atoms with E-state index in [-0.39, 0.29) is 137 Å². The Morgan fingerprint density at radius 1 is 0.473 bits per heavy atom. The van der Waals surface area contributed by atoms with E-state index in [4.69, 9.17) is 54.7 Å². The van der Waals surface area contributed by atoms with E-state index in [2.05, 4.69) is 83.3 Å². The first-order chi connectivity index (χ1) is 60.5. The van der Waals surface area contributed by atoms with Crippen LogP contribution in [0.5, 0.6) is 0 Å². The lowest BCUT2D eigenvalue weighted by molar-refractivity contribution is -0.131. The monoisotopic (exact) mass is 1890 g/mol. The number of piperazine rings is 3. The molecule has 0 saturated carbocycles. The zero-order valence-corrected chi connectivity index (χ0v) is 80.5. The molecule has 15 rings (SSSR count). The average Bonchev–Trinajstić information content (AvgIpc) is 1.56. The number of aliphatic imine (C=N–C) groups is 1. The van der Waals surface area contributed by atoms with Gasteiger partial charge in [-0.15, -0.1) is 8.80 Å². The Kier molecular flexibility index (Phi) is 27.1. The normalized spacial score (nSPS) is 19.8. The fourth-order valence-electron chi connectivity index (χ4n) is 17.1. The van der Waals surface area contributed by atoms with Gasteiger partial charge < -0.3 is 34.3 Å². The molecule has 3 fully saturated rings. The third-order valence-corrected chi connectivity index (χ3v) is 29.0. The Bertz CT molecular complexity index is 6620. The zero-order valence-electron chi connectivity index (χ0n) is 74.9. The number of carbonyl (C=O) groups is 3. The summed E-state index contributed by atoms with van der Waals surface area (Å²) in [6.07, 6.45) is 7.75. The van der Waals surface area contributed by atoms with Crippen LogP contribution in [0, 0.1) is 12.7 Å². The number of sulfone groups is 2. The number of hydrogen-bond donors (Lipinski definition) is 0. The largest absolute Gasteiger partial charge is 0.353 e. The highest BCUT2D eigenvalue weighted by molar-refractivity contribution is 7.92. The molecule has 0 N–H and O–H groups in total. The van der Waals surface area contributed by atoms with Crippen molar-refractivity contribution in [3.8, 4) is 33.8 Å². The molecule has 9 aromatic rings. The quantitative estimate of drug-likeness (QED) is 0.103. The first kappa shape index (κ1) is 95.4. The van der Waals surface area contributed by atoms with Crippen LogP contribution in [0.1, 0.15) is 136 Å². The molecular weight excluding hydrogens is 1780 g/mol. The number of halogens is 4. The van der Waals surface area contributed by atoms with E-state index in [0.717, 1.165) is 43.1 Å². The molecule has 0 radical (unpaired) electrons. The van der Waals surface area contributed by atoms with Crippen molar-refractivity contribution in [1.29, 1.82) is 0 Å².